The highest BCUT2D eigenvalue weighted by Gasteiger charge is 2.25. The monoisotopic (exact) mass is 316 g/mol. The summed E-state index contributed by atoms with van der Waals surface area (Å²) in [6.45, 7) is 7.01. The Morgan fingerprint density at radius 2 is 2.00 bits per heavy atom. The molecule has 0 N–H and O–H groups in total. The van der Waals surface area contributed by atoms with E-state index in [-0.39, 0.29) is 11.8 Å². The van der Waals surface area contributed by atoms with Crippen molar-refractivity contribution in [2.24, 2.45) is 0 Å². The number of nitrogens with zero attached hydrogens (tertiary/aromatic N) is 2. The number of aryl methyl sites for hydroxylation is 1. The standard InChI is InChI=1S/C19H28N2O2/c1-4-17-10-7-8-13-21(17)19(23)12-14-20(16(3)22)18-11-6-5-9-15(18)2/h5-6,9,11,17H,4,7-8,10,12-14H2,1-3H3. The predicted molar refractivity (Wildman–Crippen MR) is 93.5 cm³/mol. The Labute approximate surface area is 139 Å². The van der Waals surface area contributed by atoms with Crippen molar-refractivity contribution >= 4 is 17.5 Å². The smallest absolute Gasteiger partial charge is 0.224 e. The molecular weight excluding hydrogens is 288 g/mol. The molecule has 1 aromatic carbocycles. The quantitative estimate of drug-likeness (QED) is 0.834. The summed E-state index contributed by atoms with van der Waals surface area (Å²) in [5.41, 5.74) is 1.96. The number of rotatable bonds is 5. The number of carbonyl (C=O) groups excluding carboxylic acids is 2. The van der Waals surface area contributed by atoms with Gasteiger partial charge in [-0.05, 0) is 44.2 Å². The van der Waals surface area contributed by atoms with Crippen LogP contribution in [0.5, 0.6) is 0 Å². The SMILES string of the molecule is CCC1CCCCN1C(=O)CCN(C(C)=O)c1ccccc1C. The van der Waals surface area contributed by atoms with E-state index in [1.165, 1.54) is 6.42 Å². The number of piperidine rings is 1. The third-order valence-electron chi connectivity index (χ3n) is 4.75. The maximum Gasteiger partial charge on any atom is 0.224 e. The summed E-state index contributed by atoms with van der Waals surface area (Å²) < 4.78 is 0. The molecular formula is C19H28N2O2. The van der Waals surface area contributed by atoms with Crippen LogP contribution >= 0.6 is 0 Å². The molecule has 4 nitrogen and oxygen atoms in total. The molecule has 2 amide bonds. The lowest BCUT2D eigenvalue weighted by Gasteiger charge is -2.36. The Bertz CT molecular complexity index is 556. The highest BCUT2D eigenvalue weighted by atomic mass is 16.2. The van der Waals surface area contributed by atoms with Crippen LogP contribution in [0.1, 0.15) is 51.5 Å². The molecule has 1 fully saturated rings. The van der Waals surface area contributed by atoms with Crippen molar-refractivity contribution < 1.29 is 9.59 Å². The molecule has 0 aromatic heterocycles. The molecule has 1 aliphatic rings. The van der Waals surface area contributed by atoms with Gasteiger partial charge in [-0.2, -0.15) is 0 Å². The lowest BCUT2D eigenvalue weighted by Crippen LogP contribution is -2.44. The predicted octanol–water partition coefficient (Wildman–Crippen LogP) is 3.53. The van der Waals surface area contributed by atoms with E-state index < -0.39 is 0 Å². The first-order valence-electron chi connectivity index (χ1n) is 8.67. The fourth-order valence-corrected chi connectivity index (χ4v) is 3.42. The van der Waals surface area contributed by atoms with E-state index in [0.717, 1.165) is 37.1 Å². The van der Waals surface area contributed by atoms with E-state index in [4.69, 9.17) is 0 Å². The van der Waals surface area contributed by atoms with E-state index in [0.29, 0.717) is 19.0 Å². The van der Waals surface area contributed by atoms with Gasteiger partial charge in [0.25, 0.3) is 0 Å². The second kappa shape index (κ2) is 8.14. The van der Waals surface area contributed by atoms with Crippen LogP contribution in [-0.4, -0.2) is 35.8 Å². The molecule has 126 valence electrons. The number of carbonyl (C=O) groups is 2. The van der Waals surface area contributed by atoms with Gasteiger partial charge in [0.15, 0.2) is 0 Å². The van der Waals surface area contributed by atoms with Crippen LogP contribution in [0.4, 0.5) is 5.69 Å². The third kappa shape index (κ3) is 4.34. The molecule has 2 rings (SSSR count). The second-order valence-electron chi connectivity index (χ2n) is 6.35. The first-order valence-corrected chi connectivity index (χ1v) is 8.67. The van der Waals surface area contributed by atoms with Gasteiger partial charge in [0.05, 0.1) is 0 Å². The summed E-state index contributed by atoms with van der Waals surface area (Å²) >= 11 is 0. The molecule has 0 spiro atoms. The van der Waals surface area contributed by atoms with Gasteiger partial charge in [0, 0.05) is 38.2 Å². The van der Waals surface area contributed by atoms with Gasteiger partial charge in [-0.25, -0.2) is 0 Å². The number of likely N-dealkylation sites (tertiary alicyclic amines) is 1. The molecule has 0 aliphatic carbocycles. The maximum atomic E-state index is 12.6. The molecule has 1 atom stereocenters. The number of benzene rings is 1. The Balaban J connectivity index is 2.03. The minimum atomic E-state index is -0.0159. The zero-order valence-electron chi connectivity index (χ0n) is 14.5. The Morgan fingerprint density at radius 1 is 1.26 bits per heavy atom. The average molecular weight is 316 g/mol. The Morgan fingerprint density at radius 3 is 2.65 bits per heavy atom. The van der Waals surface area contributed by atoms with E-state index in [2.05, 4.69) is 6.92 Å². The number of anilines is 1. The van der Waals surface area contributed by atoms with E-state index in [1.54, 1.807) is 11.8 Å². The maximum absolute atomic E-state index is 12.6. The molecule has 1 heterocycles. The molecule has 1 unspecified atom stereocenters. The van der Waals surface area contributed by atoms with Gasteiger partial charge < -0.3 is 9.80 Å². The van der Waals surface area contributed by atoms with Gasteiger partial charge in [0.1, 0.15) is 0 Å². The molecule has 0 radical (unpaired) electrons. The molecule has 1 aromatic rings. The van der Waals surface area contributed by atoms with Crippen LogP contribution in [0, 0.1) is 6.92 Å². The van der Waals surface area contributed by atoms with Crippen molar-refractivity contribution in [3.63, 3.8) is 0 Å². The van der Waals surface area contributed by atoms with Crippen molar-refractivity contribution in [1.29, 1.82) is 0 Å². The third-order valence-corrected chi connectivity index (χ3v) is 4.75. The van der Waals surface area contributed by atoms with Crippen LogP contribution in [0.25, 0.3) is 0 Å². The van der Waals surface area contributed by atoms with Crippen LogP contribution in [0.3, 0.4) is 0 Å². The zero-order valence-corrected chi connectivity index (χ0v) is 14.5. The molecule has 0 saturated carbocycles. The van der Waals surface area contributed by atoms with E-state index >= 15 is 0 Å². The molecule has 0 bridgehead atoms. The first kappa shape index (κ1) is 17.5. The zero-order chi connectivity index (χ0) is 16.8. The van der Waals surface area contributed by atoms with Crippen molar-refractivity contribution in [3.8, 4) is 0 Å². The van der Waals surface area contributed by atoms with Gasteiger partial charge >= 0.3 is 0 Å². The summed E-state index contributed by atoms with van der Waals surface area (Å²) in [6, 6.07) is 8.20. The topological polar surface area (TPSA) is 40.6 Å². The molecule has 23 heavy (non-hydrogen) atoms. The average Bonchev–Trinajstić information content (AvgIpc) is 2.56. The number of amides is 2. The van der Waals surface area contributed by atoms with Gasteiger partial charge in [-0.3, -0.25) is 9.59 Å². The van der Waals surface area contributed by atoms with Crippen molar-refractivity contribution in [1.82, 2.24) is 4.90 Å². The Hall–Kier alpha value is -1.84. The van der Waals surface area contributed by atoms with Gasteiger partial charge in [-0.1, -0.05) is 25.1 Å². The fourth-order valence-electron chi connectivity index (χ4n) is 3.42. The van der Waals surface area contributed by atoms with Crippen LogP contribution < -0.4 is 4.90 Å². The number of hydrogen-bond donors (Lipinski definition) is 0. The summed E-state index contributed by atoms with van der Waals surface area (Å²) in [6.07, 6.45) is 4.82. The second-order valence-corrected chi connectivity index (χ2v) is 6.35. The van der Waals surface area contributed by atoms with Crippen molar-refractivity contribution in [2.75, 3.05) is 18.0 Å². The molecule has 1 saturated heterocycles. The summed E-state index contributed by atoms with van der Waals surface area (Å²) in [4.78, 5) is 28.4. The highest BCUT2D eigenvalue weighted by Crippen LogP contribution is 2.22. The number of para-hydroxylation sites is 1. The minimum absolute atomic E-state index is 0.0159. The normalized spacial score (nSPS) is 17.9. The minimum Gasteiger partial charge on any atom is -0.340 e. The van der Waals surface area contributed by atoms with Crippen molar-refractivity contribution in [3.05, 3.63) is 29.8 Å². The molecule has 4 heteroatoms. The summed E-state index contributed by atoms with van der Waals surface area (Å²) in [7, 11) is 0. The van der Waals surface area contributed by atoms with Crippen LogP contribution in [-0.2, 0) is 9.59 Å². The van der Waals surface area contributed by atoms with Crippen LogP contribution in [0.2, 0.25) is 0 Å². The van der Waals surface area contributed by atoms with E-state index in [9.17, 15) is 9.59 Å². The largest absolute Gasteiger partial charge is 0.340 e. The molecule has 1 aliphatic heterocycles. The fraction of sp³-hybridized carbons (Fsp3) is 0.579. The Kier molecular flexibility index (Phi) is 6.20. The summed E-state index contributed by atoms with van der Waals surface area (Å²) in [5.74, 6) is 0.161. The lowest BCUT2D eigenvalue weighted by molar-refractivity contribution is -0.134. The van der Waals surface area contributed by atoms with Gasteiger partial charge in [0.2, 0.25) is 11.8 Å². The van der Waals surface area contributed by atoms with E-state index in [1.807, 2.05) is 36.1 Å². The number of hydrogen-bond acceptors (Lipinski definition) is 2. The highest BCUT2D eigenvalue weighted by molar-refractivity contribution is 5.93. The van der Waals surface area contributed by atoms with Crippen LogP contribution in [0.15, 0.2) is 24.3 Å². The lowest BCUT2D eigenvalue weighted by atomic mass is 9.99. The van der Waals surface area contributed by atoms with Gasteiger partial charge in [-0.15, -0.1) is 0 Å². The van der Waals surface area contributed by atoms with Crippen molar-refractivity contribution in [2.45, 2.75) is 58.9 Å². The first-order chi connectivity index (χ1) is 11.0. The summed E-state index contributed by atoms with van der Waals surface area (Å²) in [5, 5.41) is 0.